The van der Waals surface area contributed by atoms with E-state index < -0.39 is 23.8 Å². The third kappa shape index (κ3) is 3.77. The summed E-state index contributed by atoms with van der Waals surface area (Å²) in [6.45, 7) is 6.49. The molecule has 3 rings (SSSR count). The zero-order valence-corrected chi connectivity index (χ0v) is 15.3. The highest BCUT2D eigenvalue weighted by Gasteiger charge is 2.33. The Kier molecular flexibility index (Phi) is 4.71. The number of aromatic carboxylic acids is 1. The van der Waals surface area contributed by atoms with Crippen LogP contribution in [0.2, 0.25) is 0 Å². The van der Waals surface area contributed by atoms with Crippen molar-refractivity contribution in [2.24, 2.45) is 0 Å². The molecule has 0 bridgehead atoms. The van der Waals surface area contributed by atoms with Crippen molar-refractivity contribution in [1.82, 2.24) is 4.90 Å². The summed E-state index contributed by atoms with van der Waals surface area (Å²) in [5.41, 5.74) is 0.0630. The van der Waals surface area contributed by atoms with E-state index in [2.05, 4.69) is 0 Å². The molecule has 1 saturated heterocycles. The number of carbonyl (C=O) groups excluding carboxylic acids is 1. The van der Waals surface area contributed by atoms with Gasteiger partial charge in [-0.05, 0) is 32.2 Å². The van der Waals surface area contributed by atoms with E-state index in [1.165, 1.54) is 11.3 Å². The maximum absolute atomic E-state index is 12.3. The topological polar surface area (TPSA) is 76.1 Å². The lowest BCUT2D eigenvalue weighted by atomic mass is 10.0. The van der Waals surface area contributed by atoms with E-state index in [0.717, 1.165) is 10.1 Å². The Labute approximate surface area is 150 Å². The van der Waals surface area contributed by atoms with Crippen molar-refractivity contribution in [3.05, 3.63) is 34.7 Å². The summed E-state index contributed by atoms with van der Waals surface area (Å²) in [6.07, 6.45) is -0.888. The smallest absolute Gasteiger partial charge is 0.410 e. The van der Waals surface area contributed by atoms with Crippen LogP contribution in [0.5, 0.6) is 0 Å². The van der Waals surface area contributed by atoms with E-state index in [1.807, 2.05) is 45.0 Å². The van der Waals surface area contributed by atoms with E-state index in [-0.39, 0.29) is 11.4 Å². The maximum Gasteiger partial charge on any atom is 0.410 e. The van der Waals surface area contributed by atoms with Crippen molar-refractivity contribution in [2.75, 3.05) is 19.7 Å². The number of ether oxygens (including phenoxy) is 2. The summed E-state index contributed by atoms with van der Waals surface area (Å²) < 4.78 is 12.1. The average molecular weight is 363 g/mol. The SMILES string of the molecule is CC(C)(C)OC(=O)N1CCOC(c2c(C(=O)O)sc3ccccc23)C1. The molecule has 25 heavy (non-hydrogen) atoms. The van der Waals surface area contributed by atoms with Crippen molar-refractivity contribution < 1.29 is 24.2 Å². The van der Waals surface area contributed by atoms with Gasteiger partial charge in [0.2, 0.25) is 0 Å². The molecule has 1 aliphatic heterocycles. The Bertz CT molecular complexity index is 807. The van der Waals surface area contributed by atoms with Gasteiger partial charge in [-0.25, -0.2) is 9.59 Å². The Hall–Kier alpha value is -2.12. The molecule has 0 saturated carbocycles. The van der Waals surface area contributed by atoms with Gasteiger partial charge in [-0.3, -0.25) is 0 Å². The highest BCUT2D eigenvalue weighted by molar-refractivity contribution is 7.21. The van der Waals surface area contributed by atoms with Gasteiger partial charge in [0.1, 0.15) is 16.6 Å². The molecule has 0 aliphatic carbocycles. The van der Waals surface area contributed by atoms with Crippen LogP contribution in [0.3, 0.4) is 0 Å². The Morgan fingerprint density at radius 1 is 1.32 bits per heavy atom. The lowest BCUT2D eigenvalue weighted by Crippen LogP contribution is -2.44. The zero-order chi connectivity index (χ0) is 18.2. The summed E-state index contributed by atoms with van der Waals surface area (Å²) in [7, 11) is 0. The summed E-state index contributed by atoms with van der Waals surface area (Å²) in [4.78, 5) is 25.9. The first-order valence-electron chi connectivity index (χ1n) is 8.10. The lowest BCUT2D eigenvalue weighted by molar-refractivity contribution is -0.0429. The van der Waals surface area contributed by atoms with Gasteiger partial charge in [0, 0.05) is 16.8 Å². The molecule has 1 aromatic heterocycles. The predicted octanol–water partition coefficient (Wildman–Crippen LogP) is 3.91. The number of hydrogen-bond donors (Lipinski definition) is 1. The van der Waals surface area contributed by atoms with Crippen molar-refractivity contribution in [2.45, 2.75) is 32.5 Å². The Morgan fingerprint density at radius 2 is 2.04 bits per heavy atom. The Morgan fingerprint density at radius 3 is 2.72 bits per heavy atom. The van der Waals surface area contributed by atoms with Crippen molar-refractivity contribution >= 4 is 33.5 Å². The second-order valence-electron chi connectivity index (χ2n) is 6.93. The molecule has 7 heteroatoms. The molecule has 1 aliphatic rings. The van der Waals surface area contributed by atoms with Crippen molar-refractivity contribution in [1.29, 1.82) is 0 Å². The number of carbonyl (C=O) groups is 2. The predicted molar refractivity (Wildman–Crippen MR) is 95.3 cm³/mol. The van der Waals surface area contributed by atoms with Crippen molar-refractivity contribution in [3.63, 3.8) is 0 Å². The van der Waals surface area contributed by atoms with Crippen LogP contribution in [0.25, 0.3) is 10.1 Å². The standard InChI is InChI=1S/C18H21NO5S/c1-18(2,3)24-17(22)19-8-9-23-12(10-19)14-11-6-4-5-7-13(11)25-15(14)16(20)21/h4-7,12H,8-10H2,1-3H3,(H,20,21). The fraction of sp³-hybridized carbons (Fsp3) is 0.444. The van der Waals surface area contributed by atoms with E-state index in [0.29, 0.717) is 18.7 Å². The minimum atomic E-state index is -0.978. The van der Waals surface area contributed by atoms with Crippen molar-refractivity contribution in [3.8, 4) is 0 Å². The molecule has 1 unspecified atom stereocenters. The first-order chi connectivity index (χ1) is 11.8. The largest absolute Gasteiger partial charge is 0.477 e. The first-order valence-corrected chi connectivity index (χ1v) is 8.92. The van der Waals surface area contributed by atoms with Crippen LogP contribution in [0, 0.1) is 0 Å². The van der Waals surface area contributed by atoms with E-state index in [9.17, 15) is 14.7 Å². The quantitative estimate of drug-likeness (QED) is 0.875. The van der Waals surface area contributed by atoms with E-state index >= 15 is 0 Å². The number of thiophene rings is 1. The Balaban J connectivity index is 1.91. The summed E-state index contributed by atoms with van der Waals surface area (Å²) >= 11 is 1.23. The second-order valence-corrected chi connectivity index (χ2v) is 7.98. The molecular formula is C18H21NO5S. The molecule has 1 atom stereocenters. The molecule has 1 fully saturated rings. The molecule has 2 aromatic rings. The van der Waals surface area contributed by atoms with Gasteiger partial charge in [-0.1, -0.05) is 18.2 Å². The molecule has 2 heterocycles. The number of benzene rings is 1. The number of amides is 1. The summed E-state index contributed by atoms with van der Waals surface area (Å²) in [6, 6.07) is 7.54. The number of carboxylic acid groups (broad SMARTS) is 1. The van der Waals surface area contributed by atoms with Gasteiger partial charge < -0.3 is 19.5 Å². The molecule has 0 radical (unpaired) electrons. The third-order valence-corrected chi connectivity index (χ3v) is 5.04. The van der Waals surface area contributed by atoms with Crippen LogP contribution in [0.1, 0.15) is 42.1 Å². The minimum Gasteiger partial charge on any atom is -0.477 e. The number of rotatable bonds is 2. The zero-order valence-electron chi connectivity index (χ0n) is 14.4. The fourth-order valence-corrected chi connectivity index (χ4v) is 3.95. The molecule has 6 nitrogen and oxygen atoms in total. The molecule has 1 N–H and O–H groups in total. The molecule has 1 amide bonds. The molecule has 134 valence electrons. The van der Waals surface area contributed by atoms with Crippen LogP contribution >= 0.6 is 11.3 Å². The molecule has 1 aromatic carbocycles. The number of nitrogens with zero attached hydrogens (tertiary/aromatic N) is 1. The van der Waals surface area contributed by atoms with E-state index in [4.69, 9.17) is 9.47 Å². The van der Waals surface area contributed by atoms with Gasteiger partial charge in [-0.2, -0.15) is 0 Å². The van der Waals surface area contributed by atoms with Crippen LogP contribution in [-0.4, -0.2) is 47.4 Å². The molecule has 0 spiro atoms. The third-order valence-electron chi connectivity index (χ3n) is 3.87. The average Bonchev–Trinajstić information content (AvgIpc) is 2.93. The molecular weight excluding hydrogens is 342 g/mol. The van der Waals surface area contributed by atoms with Gasteiger partial charge in [0.25, 0.3) is 0 Å². The summed E-state index contributed by atoms with van der Waals surface area (Å²) in [5.74, 6) is -0.978. The maximum atomic E-state index is 12.3. The van der Waals surface area contributed by atoms with Gasteiger partial charge >= 0.3 is 12.1 Å². The monoisotopic (exact) mass is 363 g/mol. The van der Waals surface area contributed by atoms with E-state index in [1.54, 1.807) is 4.90 Å². The van der Waals surface area contributed by atoms with Gasteiger partial charge in [-0.15, -0.1) is 11.3 Å². The summed E-state index contributed by atoms with van der Waals surface area (Å²) in [5, 5.41) is 10.4. The normalized spacial score (nSPS) is 18.4. The lowest BCUT2D eigenvalue weighted by Gasteiger charge is -2.34. The minimum absolute atomic E-state index is 0.261. The number of hydrogen-bond acceptors (Lipinski definition) is 5. The van der Waals surface area contributed by atoms with Gasteiger partial charge in [0.15, 0.2) is 0 Å². The van der Waals surface area contributed by atoms with Gasteiger partial charge in [0.05, 0.1) is 13.2 Å². The number of morpholine rings is 1. The fourth-order valence-electron chi connectivity index (χ4n) is 2.86. The first kappa shape index (κ1) is 17.7. The number of fused-ring (bicyclic) bond motifs is 1. The van der Waals surface area contributed by atoms with Crippen LogP contribution in [0.15, 0.2) is 24.3 Å². The number of carboxylic acids is 1. The highest BCUT2D eigenvalue weighted by Crippen LogP contribution is 2.38. The highest BCUT2D eigenvalue weighted by atomic mass is 32.1. The van der Waals surface area contributed by atoms with Crippen LogP contribution < -0.4 is 0 Å². The van der Waals surface area contributed by atoms with Crippen LogP contribution in [-0.2, 0) is 9.47 Å². The second kappa shape index (κ2) is 6.65. The van der Waals surface area contributed by atoms with Crippen LogP contribution in [0.4, 0.5) is 4.79 Å².